The summed E-state index contributed by atoms with van der Waals surface area (Å²) in [6.45, 7) is 9.65. The van der Waals surface area contributed by atoms with Gasteiger partial charge >= 0.3 is 0 Å². The van der Waals surface area contributed by atoms with E-state index in [0.29, 0.717) is 0 Å². The van der Waals surface area contributed by atoms with E-state index in [1.807, 2.05) is 18.7 Å². The summed E-state index contributed by atoms with van der Waals surface area (Å²) >= 11 is 1.70. The lowest BCUT2D eigenvalue weighted by molar-refractivity contribution is 0.130. The van der Waals surface area contributed by atoms with Gasteiger partial charge in [-0.1, -0.05) is 41.7 Å². The highest BCUT2D eigenvalue weighted by Crippen LogP contribution is 2.27. The van der Waals surface area contributed by atoms with Gasteiger partial charge in [-0.05, 0) is 12.5 Å². The van der Waals surface area contributed by atoms with Crippen molar-refractivity contribution in [2.24, 2.45) is 7.05 Å². The first kappa shape index (κ1) is 17.5. The summed E-state index contributed by atoms with van der Waals surface area (Å²) in [5.74, 6) is 0. The molecule has 0 spiro atoms. The average molecular weight is 371 g/mol. The van der Waals surface area contributed by atoms with E-state index in [0.717, 1.165) is 62.3 Å². The molecule has 26 heavy (non-hydrogen) atoms. The fourth-order valence-electron chi connectivity index (χ4n) is 3.49. The predicted molar refractivity (Wildman–Crippen MR) is 108 cm³/mol. The van der Waals surface area contributed by atoms with E-state index in [4.69, 9.17) is 0 Å². The molecule has 0 bridgehead atoms. The molecule has 2 aromatic heterocycles. The van der Waals surface area contributed by atoms with Gasteiger partial charge in [-0.25, -0.2) is 9.67 Å². The molecular formula is C19H26N6S. The molecular weight excluding hydrogens is 344 g/mol. The van der Waals surface area contributed by atoms with Gasteiger partial charge in [0.25, 0.3) is 0 Å². The Hall–Kier alpha value is -1.96. The zero-order valence-electron chi connectivity index (χ0n) is 15.5. The Kier molecular flexibility index (Phi) is 5.19. The summed E-state index contributed by atoms with van der Waals surface area (Å²) in [6.07, 6.45) is 0. The summed E-state index contributed by atoms with van der Waals surface area (Å²) in [7, 11) is 1.95. The van der Waals surface area contributed by atoms with Crippen molar-refractivity contribution in [3.05, 3.63) is 41.6 Å². The first-order valence-corrected chi connectivity index (χ1v) is 10.0. The molecule has 0 unspecified atom stereocenters. The summed E-state index contributed by atoms with van der Waals surface area (Å²) in [4.78, 5) is 9.74. The van der Waals surface area contributed by atoms with Crippen molar-refractivity contribution in [2.45, 2.75) is 13.5 Å². The monoisotopic (exact) mass is 370 g/mol. The molecule has 0 atom stereocenters. The highest BCUT2D eigenvalue weighted by Gasteiger charge is 2.17. The number of piperazine rings is 1. The molecule has 1 aromatic carbocycles. The van der Waals surface area contributed by atoms with Crippen molar-refractivity contribution < 1.29 is 0 Å². The zero-order valence-corrected chi connectivity index (χ0v) is 16.3. The van der Waals surface area contributed by atoms with E-state index in [1.165, 1.54) is 10.3 Å². The number of rotatable bonds is 6. The first-order chi connectivity index (χ1) is 12.7. The topological polar surface area (TPSA) is 49.2 Å². The van der Waals surface area contributed by atoms with Crippen LogP contribution in [0.2, 0.25) is 0 Å². The van der Waals surface area contributed by atoms with E-state index in [-0.39, 0.29) is 0 Å². The van der Waals surface area contributed by atoms with Crippen molar-refractivity contribution in [1.82, 2.24) is 24.6 Å². The van der Waals surface area contributed by atoms with Gasteiger partial charge in [0.15, 0.2) is 10.8 Å². The maximum absolute atomic E-state index is 4.66. The lowest BCUT2D eigenvalue weighted by Crippen LogP contribution is -2.47. The molecule has 3 heterocycles. The van der Waals surface area contributed by atoms with Crippen LogP contribution in [0.25, 0.3) is 10.3 Å². The van der Waals surface area contributed by atoms with E-state index < -0.39 is 0 Å². The van der Waals surface area contributed by atoms with Crippen molar-refractivity contribution >= 4 is 26.8 Å². The molecule has 6 nitrogen and oxygen atoms in total. The van der Waals surface area contributed by atoms with Crippen molar-refractivity contribution in [2.75, 3.05) is 44.6 Å². The third-order valence-corrected chi connectivity index (χ3v) is 6.07. The van der Waals surface area contributed by atoms with Crippen molar-refractivity contribution in [3.63, 3.8) is 0 Å². The van der Waals surface area contributed by atoms with Gasteiger partial charge in [-0.2, -0.15) is 5.10 Å². The smallest absolute Gasteiger partial charge is 0.185 e. The number of fused-ring (bicyclic) bond motifs is 1. The van der Waals surface area contributed by atoms with Gasteiger partial charge in [-0.3, -0.25) is 9.80 Å². The van der Waals surface area contributed by atoms with Crippen LogP contribution in [0, 0.1) is 6.92 Å². The fourth-order valence-corrected chi connectivity index (χ4v) is 4.45. The second-order valence-corrected chi connectivity index (χ2v) is 7.91. The Bertz CT molecular complexity index is 813. The molecule has 0 amide bonds. The van der Waals surface area contributed by atoms with Crippen LogP contribution < -0.4 is 5.32 Å². The second kappa shape index (κ2) is 7.73. The van der Waals surface area contributed by atoms with Crippen LogP contribution in [0.15, 0.2) is 30.3 Å². The van der Waals surface area contributed by atoms with Crippen molar-refractivity contribution in [3.8, 4) is 0 Å². The highest BCUT2D eigenvalue weighted by molar-refractivity contribution is 7.22. The first-order valence-electron chi connectivity index (χ1n) is 9.22. The highest BCUT2D eigenvalue weighted by atomic mass is 32.1. The number of aromatic nitrogens is 3. The molecule has 7 heteroatoms. The number of nitrogens with zero attached hydrogens (tertiary/aromatic N) is 5. The van der Waals surface area contributed by atoms with Gasteiger partial charge in [0.1, 0.15) is 0 Å². The fraction of sp³-hybridized carbons (Fsp3) is 0.474. The number of thiazole rings is 1. The van der Waals surface area contributed by atoms with E-state index in [2.05, 4.69) is 55.5 Å². The van der Waals surface area contributed by atoms with Gasteiger partial charge in [0.2, 0.25) is 0 Å². The molecule has 1 N–H and O–H groups in total. The molecule has 4 rings (SSSR count). The Morgan fingerprint density at radius 2 is 1.81 bits per heavy atom. The minimum Gasteiger partial charge on any atom is -0.360 e. The Balaban J connectivity index is 1.21. The van der Waals surface area contributed by atoms with E-state index >= 15 is 0 Å². The maximum atomic E-state index is 4.66. The van der Waals surface area contributed by atoms with Gasteiger partial charge in [0, 0.05) is 52.9 Å². The van der Waals surface area contributed by atoms with E-state index in [1.54, 1.807) is 11.3 Å². The summed E-state index contributed by atoms with van der Waals surface area (Å²) in [5.41, 5.74) is 3.44. The molecule has 0 aliphatic carbocycles. The third kappa shape index (κ3) is 3.90. The molecule has 0 saturated carbocycles. The Labute approximate surface area is 158 Å². The molecule has 138 valence electrons. The Morgan fingerprint density at radius 1 is 1.08 bits per heavy atom. The number of nitrogens with one attached hydrogen (secondary N) is 1. The van der Waals surface area contributed by atoms with Crippen molar-refractivity contribution in [1.29, 1.82) is 0 Å². The Morgan fingerprint density at radius 3 is 2.54 bits per heavy atom. The molecule has 1 saturated heterocycles. The standard InChI is InChI=1S/C19H26N6S/c1-15-17-18(23(2)22-15)21-19(26-17)20-8-9-24-10-12-25(13-11-24)14-16-6-4-3-5-7-16/h3-7H,8-14H2,1-2H3,(H,20,21). The SMILES string of the molecule is Cc1nn(C)c2nc(NCCN3CCN(Cc4ccccc4)CC3)sc12. The van der Waals surface area contributed by atoms with Gasteiger partial charge < -0.3 is 5.32 Å². The predicted octanol–water partition coefficient (Wildman–Crippen LogP) is 2.57. The van der Waals surface area contributed by atoms with Crippen LogP contribution >= 0.6 is 11.3 Å². The summed E-state index contributed by atoms with van der Waals surface area (Å²) < 4.78 is 3.04. The largest absolute Gasteiger partial charge is 0.360 e. The zero-order chi connectivity index (χ0) is 17.9. The average Bonchev–Trinajstić information content (AvgIpc) is 3.18. The number of benzene rings is 1. The van der Waals surface area contributed by atoms with Crippen LogP contribution in [-0.2, 0) is 13.6 Å². The van der Waals surface area contributed by atoms with Crippen LogP contribution in [0.1, 0.15) is 11.3 Å². The quantitative estimate of drug-likeness (QED) is 0.723. The van der Waals surface area contributed by atoms with Gasteiger partial charge in [-0.15, -0.1) is 0 Å². The van der Waals surface area contributed by atoms with Gasteiger partial charge in [0.05, 0.1) is 10.4 Å². The molecule has 0 radical (unpaired) electrons. The minimum atomic E-state index is 0.935. The van der Waals surface area contributed by atoms with Crippen LogP contribution in [0.3, 0.4) is 0 Å². The lowest BCUT2D eigenvalue weighted by atomic mass is 10.2. The molecule has 3 aromatic rings. The molecule has 1 fully saturated rings. The minimum absolute atomic E-state index is 0.935. The summed E-state index contributed by atoms with van der Waals surface area (Å²) in [5, 5.41) is 8.89. The number of aryl methyl sites for hydroxylation is 2. The number of hydrogen-bond acceptors (Lipinski definition) is 6. The normalized spacial score (nSPS) is 16.4. The van der Waals surface area contributed by atoms with Crippen LogP contribution in [-0.4, -0.2) is 63.8 Å². The number of anilines is 1. The van der Waals surface area contributed by atoms with Crippen LogP contribution in [0.4, 0.5) is 5.13 Å². The van der Waals surface area contributed by atoms with E-state index in [9.17, 15) is 0 Å². The molecule has 1 aliphatic heterocycles. The van der Waals surface area contributed by atoms with Crippen LogP contribution in [0.5, 0.6) is 0 Å². The third-order valence-electron chi connectivity index (χ3n) is 4.96. The number of hydrogen-bond donors (Lipinski definition) is 1. The second-order valence-electron chi connectivity index (χ2n) is 6.91. The lowest BCUT2D eigenvalue weighted by Gasteiger charge is -2.34. The maximum Gasteiger partial charge on any atom is 0.185 e. The summed E-state index contributed by atoms with van der Waals surface area (Å²) in [6, 6.07) is 10.8. The molecule has 1 aliphatic rings.